The second-order valence-corrected chi connectivity index (χ2v) is 9.53. The Balaban J connectivity index is 1.63. The smallest absolute Gasteiger partial charge is 0.252 e. The van der Waals surface area contributed by atoms with Gasteiger partial charge in [-0.1, -0.05) is 0 Å². The molecule has 2 saturated heterocycles. The lowest BCUT2D eigenvalue weighted by molar-refractivity contribution is -0.135. The van der Waals surface area contributed by atoms with E-state index in [1.807, 2.05) is 17.9 Å². The fraction of sp³-hybridized carbons (Fsp3) is 0.667. The molecule has 0 unspecified atom stereocenters. The summed E-state index contributed by atoms with van der Waals surface area (Å²) in [7, 11) is -3.38. The van der Waals surface area contributed by atoms with Crippen molar-refractivity contribution in [3.63, 3.8) is 0 Å². The Bertz CT molecular complexity index is 639. The predicted octanol–water partition coefficient (Wildman–Crippen LogP) is 2.08. The van der Waals surface area contributed by atoms with E-state index in [1.54, 1.807) is 6.07 Å². The number of hydrogen-bond acceptors (Lipinski definition) is 4. The zero-order chi connectivity index (χ0) is 15.7. The van der Waals surface area contributed by atoms with E-state index in [2.05, 4.69) is 0 Å². The molecule has 0 spiro atoms. The zero-order valence-corrected chi connectivity index (χ0v) is 14.5. The molecular weight excluding hydrogens is 320 g/mol. The molecule has 0 N–H and O–H groups in total. The Morgan fingerprint density at radius 1 is 1.14 bits per heavy atom. The van der Waals surface area contributed by atoms with Crippen LogP contribution in [-0.4, -0.2) is 49.7 Å². The van der Waals surface area contributed by atoms with Gasteiger partial charge in [-0.2, -0.15) is 4.31 Å². The molecule has 3 rings (SSSR count). The number of thiophene rings is 1. The standard InChI is InChI=1S/C15H22N2O3S2/c1-12-4-5-14(21-12)22(19,20)17-10-6-13(7-11-17)15(18)16-8-2-3-9-16/h4-5,13H,2-3,6-11H2,1H3. The van der Waals surface area contributed by atoms with Gasteiger partial charge in [0, 0.05) is 37.0 Å². The lowest BCUT2D eigenvalue weighted by Crippen LogP contribution is -2.43. The summed E-state index contributed by atoms with van der Waals surface area (Å²) in [4.78, 5) is 15.3. The molecule has 0 bridgehead atoms. The molecular formula is C15H22N2O3S2. The quantitative estimate of drug-likeness (QED) is 0.845. The van der Waals surface area contributed by atoms with Crippen LogP contribution in [0.4, 0.5) is 0 Å². The third kappa shape index (κ3) is 3.07. The van der Waals surface area contributed by atoms with Gasteiger partial charge in [-0.05, 0) is 44.7 Å². The third-order valence-electron chi connectivity index (χ3n) is 4.53. The fourth-order valence-corrected chi connectivity index (χ4v) is 6.12. The molecule has 7 heteroatoms. The zero-order valence-electron chi connectivity index (χ0n) is 12.8. The molecule has 122 valence electrons. The van der Waals surface area contributed by atoms with Gasteiger partial charge in [-0.15, -0.1) is 11.3 Å². The van der Waals surface area contributed by atoms with E-state index < -0.39 is 10.0 Å². The van der Waals surface area contributed by atoms with E-state index in [1.165, 1.54) is 15.6 Å². The maximum Gasteiger partial charge on any atom is 0.252 e. The molecule has 0 aliphatic carbocycles. The highest BCUT2D eigenvalue weighted by molar-refractivity contribution is 7.91. The Morgan fingerprint density at radius 3 is 2.32 bits per heavy atom. The Labute approximate surface area is 136 Å². The van der Waals surface area contributed by atoms with Crippen LogP contribution in [0.1, 0.15) is 30.6 Å². The minimum atomic E-state index is -3.38. The van der Waals surface area contributed by atoms with Crippen LogP contribution in [0.5, 0.6) is 0 Å². The Morgan fingerprint density at radius 2 is 1.77 bits per heavy atom. The topological polar surface area (TPSA) is 57.7 Å². The number of nitrogens with zero attached hydrogens (tertiary/aromatic N) is 2. The average molecular weight is 342 g/mol. The molecule has 1 aromatic heterocycles. The largest absolute Gasteiger partial charge is 0.342 e. The summed E-state index contributed by atoms with van der Waals surface area (Å²) in [5.74, 6) is 0.219. The van der Waals surface area contributed by atoms with Crippen LogP contribution in [0.25, 0.3) is 0 Å². The number of piperidine rings is 1. The van der Waals surface area contributed by atoms with E-state index in [4.69, 9.17) is 0 Å². The van der Waals surface area contributed by atoms with Crippen molar-refractivity contribution in [3.05, 3.63) is 17.0 Å². The van der Waals surface area contributed by atoms with Gasteiger partial charge in [-0.3, -0.25) is 4.79 Å². The van der Waals surface area contributed by atoms with Gasteiger partial charge < -0.3 is 4.90 Å². The molecule has 0 atom stereocenters. The molecule has 22 heavy (non-hydrogen) atoms. The molecule has 2 fully saturated rings. The number of aryl methyl sites for hydroxylation is 1. The summed E-state index contributed by atoms with van der Waals surface area (Å²) in [6, 6.07) is 3.51. The Kier molecular flexibility index (Phi) is 4.56. The van der Waals surface area contributed by atoms with E-state index >= 15 is 0 Å². The van der Waals surface area contributed by atoms with E-state index in [0.29, 0.717) is 30.1 Å². The Hall–Kier alpha value is -0.920. The maximum absolute atomic E-state index is 12.6. The first-order valence-electron chi connectivity index (χ1n) is 7.84. The maximum atomic E-state index is 12.6. The number of amides is 1. The van der Waals surface area contributed by atoms with Crippen LogP contribution in [-0.2, 0) is 14.8 Å². The fourth-order valence-electron chi connectivity index (χ4n) is 3.22. The molecule has 3 heterocycles. The number of likely N-dealkylation sites (tertiary alicyclic amines) is 1. The van der Waals surface area contributed by atoms with Crippen molar-refractivity contribution in [2.75, 3.05) is 26.2 Å². The van der Waals surface area contributed by atoms with Gasteiger partial charge in [0.15, 0.2) is 0 Å². The van der Waals surface area contributed by atoms with Gasteiger partial charge in [0.25, 0.3) is 10.0 Å². The first-order valence-corrected chi connectivity index (χ1v) is 10.1. The minimum Gasteiger partial charge on any atom is -0.342 e. The van der Waals surface area contributed by atoms with Crippen LogP contribution in [0.15, 0.2) is 16.3 Å². The molecule has 0 saturated carbocycles. The molecule has 2 aliphatic rings. The first kappa shape index (κ1) is 16.0. The van der Waals surface area contributed by atoms with Gasteiger partial charge in [0.1, 0.15) is 4.21 Å². The molecule has 1 aromatic rings. The van der Waals surface area contributed by atoms with Gasteiger partial charge in [-0.25, -0.2) is 8.42 Å². The number of rotatable bonds is 3. The second-order valence-electron chi connectivity index (χ2n) is 6.08. The van der Waals surface area contributed by atoms with E-state index in [9.17, 15) is 13.2 Å². The van der Waals surface area contributed by atoms with Crippen molar-refractivity contribution in [1.29, 1.82) is 0 Å². The highest BCUT2D eigenvalue weighted by Crippen LogP contribution is 2.29. The monoisotopic (exact) mass is 342 g/mol. The minimum absolute atomic E-state index is 0.00498. The lowest BCUT2D eigenvalue weighted by atomic mass is 9.97. The van der Waals surface area contributed by atoms with Crippen LogP contribution < -0.4 is 0 Å². The number of carbonyl (C=O) groups is 1. The van der Waals surface area contributed by atoms with Crippen molar-refractivity contribution in [3.8, 4) is 0 Å². The van der Waals surface area contributed by atoms with Crippen LogP contribution in [0.3, 0.4) is 0 Å². The lowest BCUT2D eigenvalue weighted by Gasteiger charge is -2.32. The van der Waals surface area contributed by atoms with Crippen molar-refractivity contribution in [1.82, 2.24) is 9.21 Å². The summed E-state index contributed by atoms with van der Waals surface area (Å²) in [6.07, 6.45) is 3.46. The van der Waals surface area contributed by atoms with E-state index in [0.717, 1.165) is 30.8 Å². The highest BCUT2D eigenvalue weighted by atomic mass is 32.2. The molecule has 0 aromatic carbocycles. The van der Waals surface area contributed by atoms with Crippen LogP contribution >= 0.6 is 11.3 Å². The van der Waals surface area contributed by atoms with E-state index in [-0.39, 0.29) is 11.8 Å². The third-order valence-corrected chi connectivity index (χ3v) is 7.90. The normalized spacial score (nSPS) is 21.4. The highest BCUT2D eigenvalue weighted by Gasteiger charge is 2.34. The van der Waals surface area contributed by atoms with Crippen molar-refractivity contribution in [2.45, 2.75) is 36.8 Å². The van der Waals surface area contributed by atoms with Crippen LogP contribution in [0, 0.1) is 12.8 Å². The average Bonchev–Trinajstić information content (AvgIpc) is 3.18. The van der Waals surface area contributed by atoms with Gasteiger partial charge in [0.05, 0.1) is 0 Å². The summed E-state index contributed by atoms with van der Waals surface area (Å²) < 4.78 is 27.1. The number of hydrogen-bond donors (Lipinski definition) is 0. The summed E-state index contributed by atoms with van der Waals surface area (Å²) in [5.41, 5.74) is 0. The predicted molar refractivity (Wildman–Crippen MR) is 86.4 cm³/mol. The summed E-state index contributed by atoms with van der Waals surface area (Å²) in [6.45, 7) is 4.54. The second kappa shape index (κ2) is 6.29. The van der Waals surface area contributed by atoms with Gasteiger partial charge >= 0.3 is 0 Å². The van der Waals surface area contributed by atoms with Crippen LogP contribution in [0.2, 0.25) is 0 Å². The summed E-state index contributed by atoms with van der Waals surface area (Å²) in [5, 5.41) is 0. The SMILES string of the molecule is Cc1ccc(S(=O)(=O)N2CCC(C(=O)N3CCCC3)CC2)s1. The summed E-state index contributed by atoms with van der Waals surface area (Å²) >= 11 is 1.31. The number of carbonyl (C=O) groups excluding carboxylic acids is 1. The first-order chi connectivity index (χ1) is 10.5. The van der Waals surface area contributed by atoms with Crippen molar-refractivity contribution >= 4 is 27.3 Å². The number of sulfonamides is 1. The molecule has 5 nitrogen and oxygen atoms in total. The molecule has 0 radical (unpaired) electrons. The van der Waals surface area contributed by atoms with Gasteiger partial charge in [0.2, 0.25) is 5.91 Å². The molecule has 1 amide bonds. The van der Waals surface area contributed by atoms with Crippen molar-refractivity contribution in [2.24, 2.45) is 5.92 Å². The molecule has 2 aliphatic heterocycles. The van der Waals surface area contributed by atoms with Crippen molar-refractivity contribution < 1.29 is 13.2 Å².